The first-order chi connectivity index (χ1) is 5.72. The third-order valence-corrected chi connectivity index (χ3v) is 3.57. The molecule has 0 bridgehead atoms. The van der Waals surface area contributed by atoms with Crippen molar-refractivity contribution in [3.63, 3.8) is 0 Å². The third kappa shape index (κ3) is 3.16. The van der Waals surface area contributed by atoms with E-state index in [9.17, 15) is 0 Å². The number of hydrogen-bond donors (Lipinski definition) is 0. The molecule has 1 atom stereocenters. The van der Waals surface area contributed by atoms with Crippen LogP contribution in [0.5, 0.6) is 0 Å². The van der Waals surface area contributed by atoms with E-state index < -0.39 is 0 Å². The van der Waals surface area contributed by atoms with Gasteiger partial charge in [-0.05, 0) is 24.2 Å². The Hall–Kier alpha value is 0. The van der Waals surface area contributed by atoms with Crippen molar-refractivity contribution in [2.45, 2.75) is 59.3 Å². The van der Waals surface area contributed by atoms with Gasteiger partial charge in [-0.3, -0.25) is 0 Å². The minimum absolute atomic E-state index is 0.961. The molecule has 12 heavy (non-hydrogen) atoms. The van der Waals surface area contributed by atoms with Crippen molar-refractivity contribution in [3.8, 4) is 0 Å². The summed E-state index contributed by atoms with van der Waals surface area (Å²) in [5.41, 5.74) is 0. The minimum Gasteiger partial charge on any atom is -0.0651 e. The van der Waals surface area contributed by atoms with Crippen LogP contribution >= 0.6 is 0 Å². The van der Waals surface area contributed by atoms with E-state index >= 15 is 0 Å². The van der Waals surface area contributed by atoms with Crippen molar-refractivity contribution in [1.29, 1.82) is 0 Å². The Bertz CT molecular complexity index is 109. The van der Waals surface area contributed by atoms with Crippen LogP contribution < -0.4 is 0 Å². The van der Waals surface area contributed by atoms with Crippen LogP contribution in [0.3, 0.4) is 0 Å². The van der Waals surface area contributed by atoms with Gasteiger partial charge < -0.3 is 0 Å². The fourth-order valence-corrected chi connectivity index (χ4v) is 2.30. The Morgan fingerprint density at radius 3 is 2.25 bits per heavy atom. The molecule has 0 amide bonds. The lowest BCUT2D eigenvalue weighted by Gasteiger charge is -2.27. The molecule has 0 heteroatoms. The quantitative estimate of drug-likeness (QED) is 0.591. The fourth-order valence-electron chi connectivity index (χ4n) is 2.30. The summed E-state index contributed by atoms with van der Waals surface area (Å²) in [7, 11) is 0. The largest absolute Gasteiger partial charge is 0.0651 e. The lowest BCUT2D eigenvalue weighted by Crippen LogP contribution is -2.14. The van der Waals surface area contributed by atoms with Crippen LogP contribution in [0.25, 0.3) is 0 Å². The maximum absolute atomic E-state index is 2.40. The summed E-state index contributed by atoms with van der Waals surface area (Å²) in [4.78, 5) is 0. The van der Waals surface area contributed by atoms with Gasteiger partial charge in [-0.15, -0.1) is 0 Å². The highest BCUT2D eigenvalue weighted by molar-refractivity contribution is 4.71. The van der Waals surface area contributed by atoms with Crippen molar-refractivity contribution in [3.05, 3.63) is 0 Å². The van der Waals surface area contributed by atoms with Crippen LogP contribution in [0.2, 0.25) is 0 Å². The lowest BCUT2D eigenvalue weighted by atomic mass is 9.79. The molecule has 0 radical (unpaired) electrons. The Labute approximate surface area is 77.7 Å². The second kappa shape index (κ2) is 4.89. The first-order valence-electron chi connectivity index (χ1n) is 5.72. The predicted octanol–water partition coefficient (Wildman–Crippen LogP) is 4.25. The zero-order valence-electron chi connectivity index (χ0n) is 8.97. The maximum Gasteiger partial charge on any atom is -0.0412 e. The Kier molecular flexibility index (Phi) is 4.11. The molecule has 1 aliphatic rings. The van der Waals surface area contributed by atoms with Crippen LogP contribution in [-0.2, 0) is 0 Å². The van der Waals surface area contributed by atoms with Gasteiger partial charge in [-0.2, -0.15) is 0 Å². The van der Waals surface area contributed by atoms with Crippen LogP contribution in [0.15, 0.2) is 0 Å². The standard InChI is InChI=1S/C12H24/c1-4-10(2)9-12-7-5-11(3)6-8-12/h10-12H,4-9H2,1-3H3. The first-order valence-corrected chi connectivity index (χ1v) is 5.72. The van der Waals surface area contributed by atoms with E-state index in [-0.39, 0.29) is 0 Å². The summed E-state index contributed by atoms with van der Waals surface area (Å²) < 4.78 is 0. The fraction of sp³-hybridized carbons (Fsp3) is 1.00. The molecule has 1 rings (SSSR count). The summed E-state index contributed by atoms with van der Waals surface area (Å²) in [5.74, 6) is 3.04. The van der Waals surface area contributed by atoms with E-state index in [1.807, 2.05) is 0 Å². The number of hydrogen-bond acceptors (Lipinski definition) is 0. The highest BCUT2D eigenvalue weighted by atomic mass is 14.2. The van der Waals surface area contributed by atoms with E-state index in [4.69, 9.17) is 0 Å². The molecule has 1 unspecified atom stereocenters. The average molecular weight is 168 g/mol. The second-order valence-corrected chi connectivity index (χ2v) is 4.88. The molecule has 1 fully saturated rings. The van der Waals surface area contributed by atoms with Crippen LogP contribution in [0.1, 0.15) is 59.3 Å². The van der Waals surface area contributed by atoms with Crippen molar-refractivity contribution in [2.75, 3.05) is 0 Å². The minimum atomic E-state index is 0.961. The molecule has 1 saturated carbocycles. The highest BCUT2D eigenvalue weighted by Gasteiger charge is 2.19. The summed E-state index contributed by atoms with van der Waals surface area (Å²) in [5, 5.41) is 0. The summed E-state index contributed by atoms with van der Waals surface area (Å²) in [6, 6.07) is 0. The Balaban J connectivity index is 2.17. The van der Waals surface area contributed by atoms with Gasteiger partial charge in [0.1, 0.15) is 0 Å². The smallest absolute Gasteiger partial charge is 0.0412 e. The Morgan fingerprint density at radius 1 is 1.17 bits per heavy atom. The third-order valence-electron chi connectivity index (χ3n) is 3.57. The lowest BCUT2D eigenvalue weighted by molar-refractivity contribution is 0.249. The Morgan fingerprint density at radius 2 is 1.75 bits per heavy atom. The van der Waals surface area contributed by atoms with Gasteiger partial charge >= 0.3 is 0 Å². The molecule has 0 aliphatic heterocycles. The van der Waals surface area contributed by atoms with Gasteiger partial charge in [0, 0.05) is 0 Å². The van der Waals surface area contributed by atoms with Gasteiger partial charge in [0.25, 0.3) is 0 Å². The highest BCUT2D eigenvalue weighted by Crippen LogP contribution is 2.32. The van der Waals surface area contributed by atoms with E-state index in [0.29, 0.717) is 0 Å². The summed E-state index contributed by atoms with van der Waals surface area (Å²) >= 11 is 0. The average Bonchev–Trinajstić information content (AvgIpc) is 2.09. The summed E-state index contributed by atoms with van der Waals surface area (Å²) in [6.07, 6.45) is 8.84. The van der Waals surface area contributed by atoms with E-state index in [1.165, 1.54) is 38.5 Å². The predicted molar refractivity (Wildman–Crippen MR) is 55.2 cm³/mol. The molecule has 0 saturated heterocycles. The van der Waals surface area contributed by atoms with E-state index in [1.54, 1.807) is 0 Å². The molecule has 0 spiro atoms. The van der Waals surface area contributed by atoms with Crippen molar-refractivity contribution < 1.29 is 0 Å². The van der Waals surface area contributed by atoms with Crippen molar-refractivity contribution in [2.24, 2.45) is 17.8 Å². The molecule has 1 aliphatic carbocycles. The monoisotopic (exact) mass is 168 g/mol. The van der Waals surface area contributed by atoms with Gasteiger partial charge in [0.05, 0.1) is 0 Å². The molecular weight excluding hydrogens is 144 g/mol. The zero-order chi connectivity index (χ0) is 8.97. The number of rotatable bonds is 3. The maximum atomic E-state index is 2.40. The molecule has 0 aromatic carbocycles. The second-order valence-electron chi connectivity index (χ2n) is 4.88. The normalized spacial score (nSPS) is 33.2. The summed E-state index contributed by atoms with van der Waals surface area (Å²) in [6.45, 7) is 7.12. The van der Waals surface area contributed by atoms with E-state index in [2.05, 4.69) is 20.8 Å². The molecule has 0 nitrogen and oxygen atoms in total. The van der Waals surface area contributed by atoms with Gasteiger partial charge in [-0.25, -0.2) is 0 Å². The van der Waals surface area contributed by atoms with Crippen LogP contribution in [0, 0.1) is 17.8 Å². The molecule has 0 heterocycles. The zero-order valence-corrected chi connectivity index (χ0v) is 8.97. The van der Waals surface area contributed by atoms with E-state index in [0.717, 1.165) is 17.8 Å². The van der Waals surface area contributed by atoms with Crippen molar-refractivity contribution in [1.82, 2.24) is 0 Å². The van der Waals surface area contributed by atoms with Gasteiger partial charge in [-0.1, -0.05) is 52.9 Å². The van der Waals surface area contributed by atoms with Gasteiger partial charge in [0.15, 0.2) is 0 Å². The van der Waals surface area contributed by atoms with Crippen LogP contribution in [0.4, 0.5) is 0 Å². The molecule has 72 valence electrons. The first kappa shape index (κ1) is 10.1. The molecule has 0 aromatic rings. The molecule has 0 N–H and O–H groups in total. The van der Waals surface area contributed by atoms with Crippen LogP contribution in [-0.4, -0.2) is 0 Å². The topological polar surface area (TPSA) is 0 Å². The SMILES string of the molecule is CCC(C)CC1CCC(C)CC1. The molecule has 0 aromatic heterocycles. The molecular formula is C12H24. The van der Waals surface area contributed by atoms with Crippen molar-refractivity contribution >= 4 is 0 Å². The van der Waals surface area contributed by atoms with Gasteiger partial charge in [0.2, 0.25) is 0 Å².